The molecule has 162 valence electrons. The van der Waals surface area contributed by atoms with Gasteiger partial charge in [0.2, 0.25) is 11.8 Å². The zero-order valence-corrected chi connectivity index (χ0v) is 17.4. The third-order valence-electron chi connectivity index (χ3n) is 5.91. The van der Waals surface area contributed by atoms with Gasteiger partial charge < -0.3 is 14.2 Å². The number of rotatable bonds is 5. The molecular weight excluding hydrogens is 406 g/mol. The van der Waals surface area contributed by atoms with Crippen molar-refractivity contribution in [3.8, 4) is 0 Å². The molecule has 0 spiro atoms. The molecule has 31 heavy (non-hydrogen) atoms. The summed E-state index contributed by atoms with van der Waals surface area (Å²) in [5.74, 6) is -4.78. The Labute approximate surface area is 177 Å². The van der Waals surface area contributed by atoms with Crippen LogP contribution in [0, 0.1) is 11.8 Å². The number of hydrogen-bond acceptors (Lipinski definition) is 8. The van der Waals surface area contributed by atoms with Gasteiger partial charge in [-0.3, -0.25) is 24.0 Å². The van der Waals surface area contributed by atoms with E-state index in [9.17, 15) is 24.0 Å². The van der Waals surface area contributed by atoms with E-state index in [0.29, 0.717) is 5.56 Å². The zero-order chi connectivity index (χ0) is 22.7. The minimum atomic E-state index is -1.64. The van der Waals surface area contributed by atoms with Crippen LogP contribution in [0.5, 0.6) is 0 Å². The summed E-state index contributed by atoms with van der Waals surface area (Å²) in [6.45, 7) is 5.31. The average Bonchev–Trinajstić information content (AvgIpc) is 3.26. The summed E-state index contributed by atoms with van der Waals surface area (Å²) >= 11 is 0. The van der Waals surface area contributed by atoms with Gasteiger partial charge in [0.05, 0.1) is 23.1 Å². The maximum atomic E-state index is 13.5. The summed E-state index contributed by atoms with van der Waals surface area (Å²) in [6, 6.07) is 6.21. The Kier molecular flexibility index (Phi) is 4.62. The molecule has 4 atom stereocenters. The van der Waals surface area contributed by atoms with Crippen molar-refractivity contribution in [3.63, 3.8) is 0 Å². The van der Waals surface area contributed by atoms with Gasteiger partial charge in [-0.1, -0.05) is 18.2 Å². The Morgan fingerprint density at radius 1 is 1.00 bits per heavy atom. The van der Waals surface area contributed by atoms with Gasteiger partial charge in [-0.15, -0.1) is 0 Å². The lowest BCUT2D eigenvalue weighted by Gasteiger charge is -2.34. The summed E-state index contributed by atoms with van der Waals surface area (Å²) in [5, 5.41) is 0. The number of fused-ring (bicyclic) bond motifs is 5. The second-order valence-corrected chi connectivity index (χ2v) is 8.10. The molecule has 2 bridgehead atoms. The van der Waals surface area contributed by atoms with Gasteiger partial charge in [0.1, 0.15) is 0 Å². The highest BCUT2D eigenvalue weighted by molar-refractivity contribution is 6.23. The maximum absolute atomic E-state index is 13.5. The van der Waals surface area contributed by atoms with Crippen LogP contribution in [0.3, 0.4) is 0 Å². The van der Waals surface area contributed by atoms with Crippen molar-refractivity contribution in [1.82, 2.24) is 0 Å². The lowest BCUT2D eigenvalue weighted by Crippen LogP contribution is -2.52. The molecule has 3 heterocycles. The van der Waals surface area contributed by atoms with Crippen LogP contribution in [0.2, 0.25) is 0 Å². The van der Waals surface area contributed by atoms with E-state index in [-0.39, 0.29) is 11.5 Å². The van der Waals surface area contributed by atoms with Crippen LogP contribution in [0.15, 0.2) is 36.4 Å². The van der Waals surface area contributed by atoms with Crippen molar-refractivity contribution in [2.75, 3.05) is 4.90 Å². The van der Waals surface area contributed by atoms with Crippen molar-refractivity contribution >= 4 is 35.2 Å². The number of carbonyl (C=O) groups is 5. The molecule has 1 aromatic carbocycles. The third-order valence-corrected chi connectivity index (χ3v) is 5.91. The van der Waals surface area contributed by atoms with Crippen molar-refractivity contribution in [3.05, 3.63) is 42.0 Å². The number of hydrogen-bond donors (Lipinski definition) is 0. The van der Waals surface area contributed by atoms with Gasteiger partial charge >= 0.3 is 11.9 Å². The zero-order valence-electron chi connectivity index (χ0n) is 17.4. The van der Waals surface area contributed by atoms with Crippen molar-refractivity contribution in [2.24, 2.45) is 11.8 Å². The Morgan fingerprint density at radius 3 is 2.19 bits per heavy atom. The van der Waals surface area contributed by atoms with Gasteiger partial charge in [0.25, 0.3) is 6.29 Å². The molecule has 0 aliphatic carbocycles. The molecule has 4 rings (SSSR count). The van der Waals surface area contributed by atoms with Crippen molar-refractivity contribution < 1.29 is 38.2 Å². The summed E-state index contributed by atoms with van der Waals surface area (Å²) in [7, 11) is 0. The Morgan fingerprint density at radius 2 is 1.61 bits per heavy atom. The number of benzene rings is 1. The normalized spacial score (nSPS) is 30.7. The van der Waals surface area contributed by atoms with Crippen LogP contribution in [-0.4, -0.2) is 47.0 Å². The molecule has 0 N–H and O–H groups in total. The molecule has 9 heteroatoms. The van der Waals surface area contributed by atoms with E-state index in [4.69, 9.17) is 14.2 Å². The number of esters is 2. The SMILES string of the molecule is CC(=O)OC(OC(C)=O)[C@@]12C=C[C@](C)(O1)[C@H]1C(=O)N(c3cccc(C(C)=O)c3)C(=O)[C@H]12. The molecule has 0 unspecified atom stereocenters. The standard InChI is InChI=1S/C22H21NO8/c1-11(24)14-6-5-7-15(10-14)23-18(27)16-17(19(23)28)22(9-8-21(16,4)31-22)20(29-12(2)25)30-13(3)26/h5-10,16-17,20H,1-4H3/t16-,17+,21+,22+/m1/s1. The second kappa shape index (κ2) is 6.84. The molecule has 2 amide bonds. The molecule has 2 fully saturated rings. The highest BCUT2D eigenvalue weighted by Gasteiger charge is 2.75. The highest BCUT2D eigenvalue weighted by Crippen LogP contribution is 2.59. The first-order valence-electron chi connectivity index (χ1n) is 9.74. The number of nitrogens with zero attached hydrogens (tertiary/aromatic N) is 1. The van der Waals surface area contributed by atoms with Crippen LogP contribution >= 0.6 is 0 Å². The van der Waals surface area contributed by atoms with E-state index < -0.39 is 53.1 Å². The predicted octanol–water partition coefficient (Wildman–Crippen LogP) is 1.54. The third kappa shape index (κ3) is 2.99. The summed E-state index contributed by atoms with van der Waals surface area (Å²) < 4.78 is 16.5. The van der Waals surface area contributed by atoms with Gasteiger partial charge in [-0.25, -0.2) is 4.90 Å². The first kappa shape index (κ1) is 20.9. The van der Waals surface area contributed by atoms with E-state index in [1.54, 1.807) is 31.2 Å². The topological polar surface area (TPSA) is 116 Å². The van der Waals surface area contributed by atoms with E-state index >= 15 is 0 Å². The Bertz CT molecular complexity index is 1050. The molecule has 3 aliphatic heterocycles. The van der Waals surface area contributed by atoms with Gasteiger partial charge in [-0.2, -0.15) is 0 Å². The fraction of sp³-hybridized carbons (Fsp3) is 0.409. The number of ether oxygens (including phenoxy) is 3. The summed E-state index contributed by atoms with van der Waals surface area (Å²) in [6.07, 6.45) is 1.59. The van der Waals surface area contributed by atoms with Crippen LogP contribution < -0.4 is 4.90 Å². The van der Waals surface area contributed by atoms with Crippen LogP contribution in [-0.2, 0) is 33.4 Å². The Balaban J connectivity index is 1.79. The number of imide groups is 1. The van der Waals surface area contributed by atoms with Crippen LogP contribution in [0.25, 0.3) is 0 Å². The van der Waals surface area contributed by atoms with E-state index in [1.165, 1.54) is 19.1 Å². The van der Waals surface area contributed by atoms with Crippen LogP contribution in [0.4, 0.5) is 5.69 Å². The second-order valence-electron chi connectivity index (χ2n) is 8.10. The molecule has 1 aromatic rings. The molecule has 0 radical (unpaired) electrons. The largest absolute Gasteiger partial charge is 0.422 e. The molecular formula is C22H21NO8. The number of ketones is 1. The lowest BCUT2D eigenvalue weighted by atomic mass is 9.72. The quantitative estimate of drug-likeness (QED) is 0.228. The number of anilines is 1. The van der Waals surface area contributed by atoms with E-state index in [0.717, 1.165) is 18.7 Å². The monoisotopic (exact) mass is 427 g/mol. The maximum Gasteiger partial charge on any atom is 0.305 e. The lowest BCUT2D eigenvalue weighted by molar-refractivity contribution is -0.231. The highest BCUT2D eigenvalue weighted by atomic mass is 16.7. The molecule has 2 saturated heterocycles. The number of Topliss-reactive ketones (excluding diaryl/α,β-unsaturated/α-hetero) is 1. The molecule has 0 saturated carbocycles. The van der Waals surface area contributed by atoms with Crippen molar-refractivity contribution in [1.29, 1.82) is 0 Å². The Hall–Kier alpha value is -3.33. The fourth-order valence-corrected chi connectivity index (χ4v) is 4.68. The van der Waals surface area contributed by atoms with E-state index in [2.05, 4.69) is 0 Å². The predicted molar refractivity (Wildman–Crippen MR) is 105 cm³/mol. The number of amides is 2. The fourth-order valence-electron chi connectivity index (χ4n) is 4.68. The van der Waals surface area contributed by atoms with Crippen LogP contribution in [0.1, 0.15) is 38.1 Å². The summed E-state index contributed by atoms with van der Waals surface area (Å²) in [4.78, 5) is 63.0. The average molecular weight is 427 g/mol. The molecule has 9 nitrogen and oxygen atoms in total. The van der Waals surface area contributed by atoms with Gasteiger partial charge in [0, 0.05) is 19.4 Å². The minimum absolute atomic E-state index is 0.209. The smallest absolute Gasteiger partial charge is 0.305 e. The molecule has 3 aliphatic rings. The van der Waals surface area contributed by atoms with Gasteiger partial charge in [-0.05, 0) is 32.1 Å². The first-order valence-corrected chi connectivity index (χ1v) is 9.74. The van der Waals surface area contributed by atoms with E-state index in [1.807, 2.05) is 0 Å². The van der Waals surface area contributed by atoms with Crippen molar-refractivity contribution in [2.45, 2.75) is 45.2 Å². The molecule has 0 aromatic heterocycles. The number of carbonyl (C=O) groups excluding carboxylic acids is 5. The summed E-state index contributed by atoms with van der Waals surface area (Å²) in [5.41, 5.74) is -2.20. The van der Waals surface area contributed by atoms with Gasteiger partial charge in [0.15, 0.2) is 11.4 Å². The minimum Gasteiger partial charge on any atom is -0.422 e. The first-order chi connectivity index (χ1) is 14.5.